The van der Waals surface area contributed by atoms with Crippen molar-refractivity contribution in [1.82, 2.24) is 9.55 Å². The molecule has 0 unspecified atom stereocenters. The third kappa shape index (κ3) is 5.11. The summed E-state index contributed by atoms with van der Waals surface area (Å²) in [6, 6.07) is 14.5. The second kappa shape index (κ2) is 10.4. The number of benzene rings is 2. The number of carbonyl (C=O) groups excluding carboxylic acids is 1. The summed E-state index contributed by atoms with van der Waals surface area (Å²) in [5, 5.41) is 0.851. The van der Waals surface area contributed by atoms with E-state index in [0.29, 0.717) is 33.9 Å². The molecule has 0 saturated heterocycles. The van der Waals surface area contributed by atoms with Crippen LogP contribution in [0.25, 0.3) is 10.9 Å². The Morgan fingerprint density at radius 1 is 1.10 bits per heavy atom. The van der Waals surface area contributed by atoms with Crippen molar-refractivity contribution in [3.05, 3.63) is 64.4 Å². The molecular formula is C24H28N2O3S. The van der Waals surface area contributed by atoms with Crippen molar-refractivity contribution < 1.29 is 9.53 Å². The minimum absolute atomic E-state index is 0.00240. The van der Waals surface area contributed by atoms with Crippen LogP contribution in [0.2, 0.25) is 0 Å². The summed E-state index contributed by atoms with van der Waals surface area (Å²) < 4.78 is 6.90. The molecule has 0 spiro atoms. The smallest absolute Gasteiger partial charge is 0.262 e. The molecule has 0 aliphatic heterocycles. The zero-order valence-corrected chi connectivity index (χ0v) is 18.6. The molecule has 30 heavy (non-hydrogen) atoms. The summed E-state index contributed by atoms with van der Waals surface area (Å²) in [5.74, 6) is 0.714. The maximum Gasteiger partial charge on any atom is 0.262 e. The summed E-state index contributed by atoms with van der Waals surface area (Å²) in [6.07, 6.45) is 4.27. The average molecular weight is 425 g/mol. The highest BCUT2D eigenvalue weighted by molar-refractivity contribution is 8.00. The number of hydrogen-bond donors (Lipinski definition) is 0. The topological polar surface area (TPSA) is 61.2 Å². The van der Waals surface area contributed by atoms with E-state index in [1.807, 2.05) is 31.2 Å². The van der Waals surface area contributed by atoms with E-state index in [9.17, 15) is 9.59 Å². The number of ketones is 1. The van der Waals surface area contributed by atoms with Gasteiger partial charge in [-0.15, -0.1) is 0 Å². The molecule has 0 N–H and O–H groups in total. The van der Waals surface area contributed by atoms with Crippen LogP contribution in [0.5, 0.6) is 5.75 Å². The van der Waals surface area contributed by atoms with Crippen molar-refractivity contribution in [2.75, 3.05) is 7.11 Å². The first-order chi connectivity index (χ1) is 14.5. The minimum Gasteiger partial charge on any atom is -0.497 e. The van der Waals surface area contributed by atoms with E-state index in [-0.39, 0.29) is 16.6 Å². The van der Waals surface area contributed by atoms with Crippen LogP contribution in [0.15, 0.2) is 58.5 Å². The summed E-state index contributed by atoms with van der Waals surface area (Å²) in [5.41, 5.74) is 1.25. The van der Waals surface area contributed by atoms with Gasteiger partial charge in [-0.05, 0) is 49.7 Å². The minimum atomic E-state index is -0.367. The van der Waals surface area contributed by atoms with E-state index >= 15 is 0 Å². The van der Waals surface area contributed by atoms with E-state index in [4.69, 9.17) is 9.72 Å². The van der Waals surface area contributed by atoms with Crippen molar-refractivity contribution in [1.29, 1.82) is 0 Å². The summed E-state index contributed by atoms with van der Waals surface area (Å²) in [6.45, 7) is 4.64. The number of hydrogen-bond acceptors (Lipinski definition) is 5. The lowest BCUT2D eigenvalue weighted by atomic mass is 10.1. The largest absolute Gasteiger partial charge is 0.497 e. The highest BCUT2D eigenvalue weighted by atomic mass is 32.2. The molecule has 0 saturated carbocycles. The van der Waals surface area contributed by atoms with Crippen LogP contribution in [0.4, 0.5) is 0 Å². The SMILES string of the molecule is CCCCCCn1c(S[C@@H](C)C(=O)c2ccc(OC)cc2)nc2ccccc2c1=O. The molecule has 1 aromatic heterocycles. The van der Waals surface area contributed by atoms with E-state index in [1.54, 1.807) is 35.9 Å². The van der Waals surface area contributed by atoms with Gasteiger partial charge in [0.05, 0.1) is 23.3 Å². The van der Waals surface area contributed by atoms with Gasteiger partial charge in [-0.2, -0.15) is 0 Å². The second-order valence-corrected chi connectivity index (χ2v) is 8.59. The van der Waals surface area contributed by atoms with Gasteiger partial charge in [0.1, 0.15) is 5.75 Å². The molecule has 0 amide bonds. The van der Waals surface area contributed by atoms with E-state index in [0.717, 1.165) is 25.7 Å². The molecule has 1 atom stereocenters. The summed E-state index contributed by atoms with van der Waals surface area (Å²) in [4.78, 5) is 30.8. The fourth-order valence-electron chi connectivity index (χ4n) is 3.33. The van der Waals surface area contributed by atoms with Crippen LogP contribution in [0.3, 0.4) is 0 Å². The number of carbonyl (C=O) groups is 1. The van der Waals surface area contributed by atoms with E-state index < -0.39 is 0 Å². The maximum atomic E-state index is 13.1. The molecule has 1 heterocycles. The van der Waals surface area contributed by atoms with Gasteiger partial charge in [-0.25, -0.2) is 4.98 Å². The molecule has 0 radical (unpaired) electrons. The van der Waals surface area contributed by atoms with E-state index in [2.05, 4.69) is 6.92 Å². The van der Waals surface area contributed by atoms with Gasteiger partial charge >= 0.3 is 0 Å². The van der Waals surface area contributed by atoms with Crippen LogP contribution in [0, 0.1) is 0 Å². The lowest BCUT2D eigenvalue weighted by Gasteiger charge is -2.16. The fraction of sp³-hybridized carbons (Fsp3) is 0.375. The van der Waals surface area contributed by atoms with Gasteiger partial charge in [0.15, 0.2) is 10.9 Å². The lowest BCUT2D eigenvalue weighted by Crippen LogP contribution is -2.25. The number of methoxy groups -OCH3 is 1. The zero-order valence-electron chi connectivity index (χ0n) is 17.8. The van der Waals surface area contributed by atoms with Gasteiger partial charge in [-0.3, -0.25) is 14.2 Å². The predicted octanol–water partition coefficient (Wildman–Crippen LogP) is 5.35. The number of thioether (sulfide) groups is 1. The summed E-state index contributed by atoms with van der Waals surface area (Å²) >= 11 is 1.35. The molecule has 0 fully saturated rings. The standard InChI is InChI=1S/C24H28N2O3S/c1-4-5-6-9-16-26-23(28)20-10-7-8-11-21(20)25-24(26)30-17(2)22(27)18-12-14-19(29-3)15-13-18/h7-8,10-15,17H,4-6,9,16H2,1-3H3/t17-/m0/s1. The van der Waals surface area contributed by atoms with Gasteiger partial charge in [-0.1, -0.05) is 50.1 Å². The third-order valence-corrected chi connectivity index (χ3v) is 6.18. The van der Waals surface area contributed by atoms with Crippen molar-refractivity contribution in [2.24, 2.45) is 0 Å². The number of fused-ring (bicyclic) bond motifs is 1. The Hall–Kier alpha value is -2.60. The first-order valence-corrected chi connectivity index (χ1v) is 11.3. The van der Waals surface area contributed by atoms with Gasteiger partial charge < -0.3 is 4.74 Å². The van der Waals surface area contributed by atoms with Gasteiger partial charge in [0.25, 0.3) is 5.56 Å². The highest BCUT2D eigenvalue weighted by Crippen LogP contribution is 2.26. The second-order valence-electron chi connectivity index (χ2n) is 7.28. The molecule has 0 aliphatic carbocycles. The number of nitrogens with zero attached hydrogens (tertiary/aromatic N) is 2. The van der Waals surface area contributed by atoms with Crippen LogP contribution in [-0.4, -0.2) is 27.7 Å². The quantitative estimate of drug-likeness (QED) is 0.190. The molecule has 5 nitrogen and oxygen atoms in total. The number of unbranched alkanes of at least 4 members (excludes halogenated alkanes) is 3. The molecule has 158 valence electrons. The Morgan fingerprint density at radius 3 is 2.53 bits per heavy atom. The monoisotopic (exact) mass is 424 g/mol. The zero-order chi connectivity index (χ0) is 21.5. The van der Waals surface area contributed by atoms with Gasteiger partial charge in [0, 0.05) is 12.1 Å². The van der Waals surface area contributed by atoms with Gasteiger partial charge in [0.2, 0.25) is 0 Å². The first kappa shape index (κ1) is 22.1. The molecule has 2 aromatic carbocycles. The number of Topliss-reactive ketones (excluding diaryl/α,β-unsaturated/α-hetero) is 1. The number of para-hydroxylation sites is 1. The van der Waals surface area contributed by atoms with Crippen molar-refractivity contribution in [3.8, 4) is 5.75 Å². The third-order valence-electron chi connectivity index (χ3n) is 5.09. The van der Waals surface area contributed by atoms with Crippen molar-refractivity contribution in [3.63, 3.8) is 0 Å². The Labute approximate surface area is 181 Å². The number of aromatic nitrogens is 2. The Kier molecular flexibility index (Phi) is 7.69. The van der Waals surface area contributed by atoms with Crippen molar-refractivity contribution >= 4 is 28.4 Å². The van der Waals surface area contributed by atoms with Crippen LogP contribution < -0.4 is 10.3 Å². The summed E-state index contributed by atoms with van der Waals surface area (Å²) in [7, 11) is 1.60. The molecular weight excluding hydrogens is 396 g/mol. The van der Waals surface area contributed by atoms with Crippen LogP contribution >= 0.6 is 11.8 Å². The number of rotatable bonds is 10. The van der Waals surface area contributed by atoms with Crippen LogP contribution in [-0.2, 0) is 6.54 Å². The maximum absolute atomic E-state index is 13.1. The molecule has 0 aliphatic rings. The van der Waals surface area contributed by atoms with Crippen LogP contribution in [0.1, 0.15) is 49.9 Å². The Bertz CT molecular complexity index is 1060. The fourth-order valence-corrected chi connectivity index (χ4v) is 4.34. The molecule has 3 aromatic rings. The normalized spacial score (nSPS) is 12.1. The molecule has 6 heteroatoms. The Balaban J connectivity index is 1.88. The Morgan fingerprint density at radius 2 is 1.83 bits per heavy atom. The molecule has 3 rings (SSSR count). The first-order valence-electron chi connectivity index (χ1n) is 10.4. The average Bonchev–Trinajstić information content (AvgIpc) is 2.78. The predicted molar refractivity (Wildman–Crippen MR) is 123 cm³/mol. The van der Waals surface area contributed by atoms with Crippen molar-refractivity contribution in [2.45, 2.75) is 56.5 Å². The number of ether oxygens (including phenoxy) is 1. The van der Waals surface area contributed by atoms with E-state index in [1.165, 1.54) is 11.8 Å². The molecule has 0 bridgehead atoms. The lowest BCUT2D eigenvalue weighted by molar-refractivity contribution is 0.0994. The highest BCUT2D eigenvalue weighted by Gasteiger charge is 2.20.